The quantitative estimate of drug-likeness (QED) is 0.764. The summed E-state index contributed by atoms with van der Waals surface area (Å²) < 4.78 is 0. The van der Waals surface area contributed by atoms with E-state index in [1.165, 1.54) is 24.8 Å². The van der Waals surface area contributed by atoms with Crippen LogP contribution in [0.25, 0.3) is 0 Å². The molecule has 2 rings (SSSR count). The minimum absolute atomic E-state index is 0.761. The average Bonchev–Trinajstić information content (AvgIpc) is 3.22. The van der Waals surface area contributed by atoms with Crippen molar-refractivity contribution in [1.29, 1.82) is 0 Å². The summed E-state index contributed by atoms with van der Waals surface area (Å²) in [7, 11) is 0. The van der Waals surface area contributed by atoms with Crippen molar-refractivity contribution in [1.82, 2.24) is 4.90 Å². The third-order valence-corrected chi connectivity index (χ3v) is 3.93. The Morgan fingerprint density at radius 3 is 2.56 bits per heavy atom. The fraction of sp³-hybridized carbons (Fsp3) is 0.625. The fourth-order valence-electron chi connectivity index (χ4n) is 2.85. The van der Waals surface area contributed by atoms with Gasteiger partial charge in [-0.1, -0.05) is 37.3 Å². The number of hydrogen-bond donors (Lipinski definition) is 1. The molecule has 2 nitrogen and oxygen atoms in total. The molecule has 2 heteroatoms. The summed E-state index contributed by atoms with van der Waals surface area (Å²) in [6.45, 7) is 5.34. The number of hydrogen-bond acceptors (Lipinski definition) is 2. The van der Waals surface area contributed by atoms with E-state index in [9.17, 15) is 0 Å². The third kappa shape index (κ3) is 3.82. The van der Waals surface area contributed by atoms with E-state index in [1.807, 2.05) is 0 Å². The first-order chi connectivity index (χ1) is 8.85. The molecule has 100 valence electrons. The maximum Gasteiger partial charge on any atom is 0.0236 e. The standard InChI is InChI=1S/C16H26N2/c1-2-16(15-9-10-15)18(12-6-11-17)13-14-7-4-3-5-8-14/h3-5,7-8,15-16H,2,6,9-13,17H2,1H3. The number of benzene rings is 1. The molecule has 0 spiro atoms. The summed E-state index contributed by atoms with van der Waals surface area (Å²) in [6, 6.07) is 11.6. The number of nitrogens with two attached hydrogens (primary N) is 1. The Kier molecular flexibility index (Phi) is 5.21. The zero-order valence-electron chi connectivity index (χ0n) is 11.5. The zero-order chi connectivity index (χ0) is 12.8. The summed E-state index contributed by atoms with van der Waals surface area (Å²) in [6.07, 6.45) is 5.22. The van der Waals surface area contributed by atoms with Crippen LogP contribution in [0, 0.1) is 5.92 Å². The molecule has 0 aromatic heterocycles. The van der Waals surface area contributed by atoms with Crippen molar-refractivity contribution in [3.8, 4) is 0 Å². The lowest BCUT2D eigenvalue weighted by Gasteiger charge is -2.31. The Hall–Kier alpha value is -0.860. The van der Waals surface area contributed by atoms with Crippen LogP contribution < -0.4 is 5.73 Å². The van der Waals surface area contributed by atoms with E-state index in [2.05, 4.69) is 42.2 Å². The van der Waals surface area contributed by atoms with Gasteiger partial charge in [0, 0.05) is 12.6 Å². The second-order valence-corrected chi connectivity index (χ2v) is 5.41. The predicted octanol–water partition coefficient (Wildman–Crippen LogP) is 3.03. The first-order valence-electron chi connectivity index (χ1n) is 7.33. The molecule has 1 aromatic rings. The number of nitrogens with zero attached hydrogens (tertiary/aromatic N) is 1. The van der Waals surface area contributed by atoms with Crippen LogP contribution >= 0.6 is 0 Å². The largest absolute Gasteiger partial charge is 0.330 e. The minimum atomic E-state index is 0.761. The summed E-state index contributed by atoms with van der Waals surface area (Å²) >= 11 is 0. The van der Waals surface area contributed by atoms with Gasteiger partial charge in [0.2, 0.25) is 0 Å². The monoisotopic (exact) mass is 246 g/mol. The van der Waals surface area contributed by atoms with Crippen LogP contribution in [0.15, 0.2) is 30.3 Å². The molecule has 0 heterocycles. The molecule has 0 amide bonds. The third-order valence-electron chi connectivity index (χ3n) is 3.93. The molecule has 18 heavy (non-hydrogen) atoms. The van der Waals surface area contributed by atoms with Gasteiger partial charge in [-0.05, 0) is 50.3 Å². The van der Waals surface area contributed by atoms with E-state index in [1.54, 1.807) is 0 Å². The van der Waals surface area contributed by atoms with Crippen LogP contribution in [0.1, 0.15) is 38.2 Å². The summed E-state index contributed by atoms with van der Waals surface area (Å²) in [4.78, 5) is 2.65. The zero-order valence-corrected chi connectivity index (χ0v) is 11.5. The number of rotatable bonds is 8. The molecule has 0 aliphatic heterocycles. The molecule has 1 unspecified atom stereocenters. The lowest BCUT2D eigenvalue weighted by Crippen LogP contribution is -2.37. The van der Waals surface area contributed by atoms with Gasteiger partial charge in [0.15, 0.2) is 0 Å². The Labute approximate surface area is 111 Å². The second-order valence-electron chi connectivity index (χ2n) is 5.41. The van der Waals surface area contributed by atoms with Gasteiger partial charge in [-0.15, -0.1) is 0 Å². The van der Waals surface area contributed by atoms with Crippen molar-refractivity contribution in [3.05, 3.63) is 35.9 Å². The van der Waals surface area contributed by atoms with Gasteiger partial charge in [0.25, 0.3) is 0 Å². The fourth-order valence-corrected chi connectivity index (χ4v) is 2.85. The molecule has 0 bridgehead atoms. The van der Waals surface area contributed by atoms with Gasteiger partial charge in [-0.2, -0.15) is 0 Å². The second kappa shape index (κ2) is 6.91. The van der Waals surface area contributed by atoms with Crippen LogP contribution in [0.5, 0.6) is 0 Å². The van der Waals surface area contributed by atoms with Gasteiger partial charge in [-0.3, -0.25) is 4.90 Å². The lowest BCUT2D eigenvalue weighted by atomic mass is 10.1. The smallest absolute Gasteiger partial charge is 0.0236 e. The average molecular weight is 246 g/mol. The normalized spacial score (nSPS) is 17.1. The van der Waals surface area contributed by atoms with Crippen molar-refractivity contribution >= 4 is 0 Å². The maximum absolute atomic E-state index is 5.68. The van der Waals surface area contributed by atoms with Gasteiger partial charge in [0.1, 0.15) is 0 Å². The Bertz CT molecular complexity index is 332. The van der Waals surface area contributed by atoms with E-state index >= 15 is 0 Å². The Morgan fingerprint density at radius 1 is 1.28 bits per heavy atom. The molecule has 0 radical (unpaired) electrons. The van der Waals surface area contributed by atoms with E-state index in [4.69, 9.17) is 5.73 Å². The molecule has 1 aliphatic rings. The molecule has 1 aliphatic carbocycles. The summed E-state index contributed by atoms with van der Waals surface area (Å²) in [5, 5.41) is 0. The van der Waals surface area contributed by atoms with Crippen molar-refractivity contribution in [2.75, 3.05) is 13.1 Å². The van der Waals surface area contributed by atoms with Gasteiger partial charge in [-0.25, -0.2) is 0 Å². The summed E-state index contributed by atoms with van der Waals surface area (Å²) in [5.41, 5.74) is 7.10. The summed E-state index contributed by atoms with van der Waals surface area (Å²) in [5.74, 6) is 0.941. The molecular weight excluding hydrogens is 220 g/mol. The highest BCUT2D eigenvalue weighted by molar-refractivity contribution is 5.14. The molecule has 1 fully saturated rings. The topological polar surface area (TPSA) is 29.3 Å². The van der Waals surface area contributed by atoms with Crippen LogP contribution in [0.4, 0.5) is 0 Å². The van der Waals surface area contributed by atoms with Crippen LogP contribution in [0.3, 0.4) is 0 Å². The van der Waals surface area contributed by atoms with E-state index in [0.717, 1.165) is 38.0 Å². The highest BCUT2D eigenvalue weighted by atomic mass is 15.2. The maximum atomic E-state index is 5.68. The van der Waals surface area contributed by atoms with Crippen LogP contribution in [0.2, 0.25) is 0 Å². The van der Waals surface area contributed by atoms with Gasteiger partial charge in [0.05, 0.1) is 0 Å². The molecule has 1 saturated carbocycles. The van der Waals surface area contributed by atoms with Crippen molar-refractivity contribution in [2.45, 2.75) is 45.2 Å². The van der Waals surface area contributed by atoms with E-state index < -0.39 is 0 Å². The molecule has 1 atom stereocenters. The van der Waals surface area contributed by atoms with Crippen LogP contribution in [-0.4, -0.2) is 24.0 Å². The highest BCUT2D eigenvalue weighted by Crippen LogP contribution is 2.37. The Morgan fingerprint density at radius 2 is 2.00 bits per heavy atom. The molecular formula is C16H26N2. The van der Waals surface area contributed by atoms with Gasteiger partial charge < -0.3 is 5.73 Å². The highest BCUT2D eigenvalue weighted by Gasteiger charge is 2.33. The van der Waals surface area contributed by atoms with E-state index in [-0.39, 0.29) is 0 Å². The van der Waals surface area contributed by atoms with E-state index in [0.29, 0.717) is 0 Å². The lowest BCUT2D eigenvalue weighted by molar-refractivity contribution is 0.161. The van der Waals surface area contributed by atoms with Gasteiger partial charge >= 0.3 is 0 Å². The SMILES string of the molecule is CCC(C1CC1)N(CCCN)Cc1ccccc1. The van der Waals surface area contributed by atoms with Crippen molar-refractivity contribution < 1.29 is 0 Å². The Balaban J connectivity index is 1.99. The molecule has 2 N–H and O–H groups in total. The first-order valence-corrected chi connectivity index (χ1v) is 7.33. The minimum Gasteiger partial charge on any atom is -0.330 e. The molecule has 1 aromatic carbocycles. The van der Waals surface area contributed by atoms with Crippen molar-refractivity contribution in [2.24, 2.45) is 11.7 Å². The molecule has 0 saturated heterocycles. The van der Waals surface area contributed by atoms with Crippen LogP contribution in [-0.2, 0) is 6.54 Å². The predicted molar refractivity (Wildman–Crippen MR) is 77.3 cm³/mol. The van der Waals surface area contributed by atoms with Crippen molar-refractivity contribution in [3.63, 3.8) is 0 Å². The first kappa shape index (κ1) is 13.6.